The van der Waals surface area contributed by atoms with Crippen LogP contribution in [-0.4, -0.2) is 80.4 Å². The van der Waals surface area contributed by atoms with E-state index in [1.165, 1.54) is 0 Å². The van der Waals surface area contributed by atoms with Gasteiger partial charge in [0.1, 0.15) is 0 Å². The lowest BCUT2D eigenvalue weighted by molar-refractivity contribution is -0.131. The minimum Gasteiger partial charge on any atom is -0.450 e. The zero-order chi connectivity index (χ0) is 15.1. The lowest BCUT2D eigenvalue weighted by atomic mass is 10.2. The SMILES string of the molecule is CCOC(=O)N1CCN(C(=O)CNCC2CCCO2)CC1. The number of hydrogen-bond acceptors (Lipinski definition) is 5. The highest BCUT2D eigenvalue weighted by molar-refractivity contribution is 5.78. The smallest absolute Gasteiger partial charge is 0.409 e. The van der Waals surface area contributed by atoms with E-state index in [1.807, 2.05) is 0 Å². The molecule has 0 aromatic carbocycles. The van der Waals surface area contributed by atoms with Crippen molar-refractivity contribution in [3.05, 3.63) is 0 Å². The first-order valence-electron chi connectivity index (χ1n) is 7.72. The largest absolute Gasteiger partial charge is 0.450 e. The van der Waals surface area contributed by atoms with E-state index in [0.717, 1.165) is 26.0 Å². The number of nitrogens with one attached hydrogen (secondary N) is 1. The third kappa shape index (κ3) is 4.86. The van der Waals surface area contributed by atoms with Crippen LogP contribution in [0.25, 0.3) is 0 Å². The second-order valence-electron chi connectivity index (χ2n) is 5.33. The van der Waals surface area contributed by atoms with Crippen molar-refractivity contribution >= 4 is 12.0 Å². The zero-order valence-corrected chi connectivity index (χ0v) is 12.7. The van der Waals surface area contributed by atoms with E-state index < -0.39 is 0 Å². The van der Waals surface area contributed by atoms with E-state index in [4.69, 9.17) is 9.47 Å². The molecule has 120 valence electrons. The van der Waals surface area contributed by atoms with Crippen LogP contribution in [0.2, 0.25) is 0 Å². The Balaban J connectivity index is 1.62. The van der Waals surface area contributed by atoms with Crippen molar-refractivity contribution < 1.29 is 19.1 Å². The van der Waals surface area contributed by atoms with E-state index in [0.29, 0.717) is 39.3 Å². The molecule has 0 bridgehead atoms. The normalized spacial score (nSPS) is 22.4. The lowest BCUT2D eigenvalue weighted by Crippen LogP contribution is -2.52. The second kappa shape index (κ2) is 8.19. The maximum atomic E-state index is 12.1. The van der Waals surface area contributed by atoms with Gasteiger partial charge < -0.3 is 24.6 Å². The summed E-state index contributed by atoms with van der Waals surface area (Å²) in [7, 11) is 0. The third-order valence-corrected chi connectivity index (χ3v) is 3.83. The minimum absolute atomic E-state index is 0.0801. The van der Waals surface area contributed by atoms with Crippen LogP contribution in [0.1, 0.15) is 19.8 Å². The summed E-state index contributed by atoms with van der Waals surface area (Å²) >= 11 is 0. The predicted molar refractivity (Wildman–Crippen MR) is 77.0 cm³/mol. The molecule has 2 saturated heterocycles. The van der Waals surface area contributed by atoms with Crippen molar-refractivity contribution in [1.82, 2.24) is 15.1 Å². The summed E-state index contributed by atoms with van der Waals surface area (Å²) in [5.74, 6) is 0.0801. The molecule has 2 heterocycles. The summed E-state index contributed by atoms with van der Waals surface area (Å²) < 4.78 is 10.5. The van der Waals surface area contributed by atoms with Gasteiger partial charge in [0.05, 0.1) is 19.3 Å². The molecule has 1 atom stereocenters. The Kier molecular flexibility index (Phi) is 6.25. The Hall–Kier alpha value is -1.34. The maximum Gasteiger partial charge on any atom is 0.409 e. The Labute approximate surface area is 125 Å². The third-order valence-electron chi connectivity index (χ3n) is 3.83. The molecule has 21 heavy (non-hydrogen) atoms. The van der Waals surface area contributed by atoms with Crippen LogP contribution >= 0.6 is 0 Å². The van der Waals surface area contributed by atoms with Gasteiger partial charge in [0.25, 0.3) is 0 Å². The monoisotopic (exact) mass is 299 g/mol. The van der Waals surface area contributed by atoms with Gasteiger partial charge >= 0.3 is 6.09 Å². The number of piperazine rings is 1. The van der Waals surface area contributed by atoms with Crippen molar-refractivity contribution in [3.8, 4) is 0 Å². The number of carbonyl (C=O) groups is 2. The molecule has 1 unspecified atom stereocenters. The van der Waals surface area contributed by atoms with E-state index in [9.17, 15) is 9.59 Å². The van der Waals surface area contributed by atoms with Crippen molar-refractivity contribution in [1.29, 1.82) is 0 Å². The Bertz CT molecular complexity index is 350. The average Bonchev–Trinajstić information content (AvgIpc) is 3.01. The quantitative estimate of drug-likeness (QED) is 0.777. The molecule has 0 aliphatic carbocycles. The van der Waals surface area contributed by atoms with Crippen LogP contribution in [0.5, 0.6) is 0 Å². The number of nitrogens with zero attached hydrogens (tertiary/aromatic N) is 2. The van der Waals surface area contributed by atoms with E-state index in [-0.39, 0.29) is 18.1 Å². The molecule has 2 aliphatic heterocycles. The predicted octanol–water partition coefficient (Wildman–Crippen LogP) is 0.0557. The Morgan fingerprint density at radius 2 is 1.95 bits per heavy atom. The van der Waals surface area contributed by atoms with E-state index in [2.05, 4.69) is 5.32 Å². The number of hydrogen-bond donors (Lipinski definition) is 1. The summed E-state index contributed by atoms with van der Waals surface area (Å²) in [5.41, 5.74) is 0. The van der Waals surface area contributed by atoms with Gasteiger partial charge in [-0.1, -0.05) is 0 Å². The van der Waals surface area contributed by atoms with Crippen molar-refractivity contribution in [2.45, 2.75) is 25.9 Å². The number of carbonyl (C=O) groups excluding carboxylic acids is 2. The standard InChI is InChI=1S/C14H25N3O4/c1-2-20-14(19)17-7-5-16(6-8-17)13(18)11-15-10-12-4-3-9-21-12/h12,15H,2-11H2,1H3. The van der Waals surface area contributed by atoms with E-state index in [1.54, 1.807) is 16.7 Å². The van der Waals surface area contributed by atoms with Crippen LogP contribution in [0.15, 0.2) is 0 Å². The fraction of sp³-hybridized carbons (Fsp3) is 0.857. The van der Waals surface area contributed by atoms with Gasteiger partial charge in [-0.25, -0.2) is 4.79 Å². The summed E-state index contributed by atoms with van der Waals surface area (Å²) in [6.07, 6.45) is 2.13. The summed E-state index contributed by atoms with van der Waals surface area (Å²) in [6.45, 7) is 6.28. The highest BCUT2D eigenvalue weighted by atomic mass is 16.6. The Morgan fingerprint density at radius 3 is 2.57 bits per heavy atom. The first-order valence-corrected chi connectivity index (χ1v) is 7.72. The van der Waals surface area contributed by atoms with Crippen molar-refractivity contribution in [2.24, 2.45) is 0 Å². The van der Waals surface area contributed by atoms with Crippen LogP contribution in [0.4, 0.5) is 4.79 Å². The highest BCUT2D eigenvalue weighted by Gasteiger charge is 2.24. The molecular weight excluding hydrogens is 274 g/mol. The summed E-state index contributed by atoms with van der Waals surface area (Å²) in [4.78, 5) is 27.1. The van der Waals surface area contributed by atoms with Gasteiger partial charge in [0.2, 0.25) is 5.91 Å². The molecule has 7 nitrogen and oxygen atoms in total. The van der Waals surface area contributed by atoms with Crippen LogP contribution in [0.3, 0.4) is 0 Å². The first-order chi connectivity index (χ1) is 10.2. The highest BCUT2D eigenvalue weighted by Crippen LogP contribution is 2.10. The molecule has 2 rings (SSSR count). The molecule has 0 saturated carbocycles. The number of rotatable bonds is 5. The zero-order valence-electron chi connectivity index (χ0n) is 12.7. The van der Waals surface area contributed by atoms with Gasteiger partial charge in [-0.15, -0.1) is 0 Å². The fourth-order valence-corrected chi connectivity index (χ4v) is 2.61. The molecule has 0 aromatic heterocycles. The fourth-order valence-electron chi connectivity index (χ4n) is 2.61. The molecule has 1 N–H and O–H groups in total. The molecule has 2 fully saturated rings. The van der Waals surface area contributed by atoms with E-state index >= 15 is 0 Å². The molecule has 0 aromatic rings. The van der Waals surface area contributed by atoms with Gasteiger partial charge in [0.15, 0.2) is 0 Å². The van der Waals surface area contributed by atoms with Crippen LogP contribution in [-0.2, 0) is 14.3 Å². The first kappa shape index (κ1) is 16.0. The lowest BCUT2D eigenvalue weighted by Gasteiger charge is -2.34. The van der Waals surface area contributed by atoms with Crippen LogP contribution < -0.4 is 5.32 Å². The second-order valence-corrected chi connectivity index (χ2v) is 5.33. The number of ether oxygens (including phenoxy) is 2. The molecular formula is C14H25N3O4. The topological polar surface area (TPSA) is 71.1 Å². The molecule has 7 heteroatoms. The van der Waals surface area contributed by atoms with Gasteiger partial charge in [0, 0.05) is 39.3 Å². The molecule has 0 spiro atoms. The number of amides is 2. The average molecular weight is 299 g/mol. The molecule has 2 aliphatic rings. The van der Waals surface area contributed by atoms with Crippen molar-refractivity contribution in [3.63, 3.8) is 0 Å². The Morgan fingerprint density at radius 1 is 1.24 bits per heavy atom. The van der Waals surface area contributed by atoms with Gasteiger partial charge in [-0.2, -0.15) is 0 Å². The minimum atomic E-state index is -0.291. The molecule has 2 amide bonds. The van der Waals surface area contributed by atoms with Gasteiger partial charge in [-0.05, 0) is 19.8 Å². The van der Waals surface area contributed by atoms with Crippen molar-refractivity contribution in [2.75, 3.05) is 52.5 Å². The maximum absolute atomic E-state index is 12.1. The summed E-state index contributed by atoms with van der Waals surface area (Å²) in [6, 6.07) is 0. The van der Waals surface area contributed by atoms with Crippen LogP contribution in [0, 0.1) is 0 Å². The van der Waals surface area contributed by atoms with Gasteiger partial charge in [-0.3, -0.25) is 4.79 Å². The summed E-state index contributed by atoms with van der Waals surface area (Å²) in [5, 5.41) is 3.16. The molecule has 0 radical (unpaired) electrons.